The first-order valence-corrected chi connectivity index (χ1v) is 7.20. The van der Waals surface area contributed by atoms with Crippen LogP contribution in [0.4, 0.5) is 0 Å². The normalized spacial score (nSPS) is 22.1. The molecule has 22 heavy (non-hydrogen) atoms. The van der Waals surface area contributed by atoms with Crippen LogP contribution in [0.1, 0.15) is 36.3 Å². The van der Waals surface area contributed by atoms with E-state index < -0.39 is 5.54 Å². The van der Waals surface area contributed by atoms with Crippen molar-refractivity contribution in [2.75, 3.05) is 13.1 Å². The molecule has 1 aliphatic heterocycles. The second-order valence-corrected chi connectivity index (χ2v) is 5.80. The SMILES string of the molecule is CC(=O)NC1(c2nc(C)no2)CCN(Cc2conc2C)C1. The largest absolute Gasteiger partial charge is 0.364 e. The van der Waals surface area contributed by atoms with Gasteiger partial charge in [-0.05, 0) is 20.3 Å². The van der Waals surface area contributed by atoms with Crippen LogP contribution in [0.3, 0.4) is 0 Å². The second kappa shape index (κ2) is 5.53. The summed E-state index contributed by atoms with van der Waals surface area (Å²) >= 11 is 0. The number of amides is 1. The fraction of sp³-hybridized carbons (Fsp3) is 0.571. The Morgan fingerprint density at radius 1 is 1.45 bits per heavy atom. The van der Waals surface area contributed by atoms with Gasteiger partial charge in [-0.1, -0.05) is 10.3 Å². The molecule has 0 spiro atoms. The predicted molar refractivity (Wildman–Crippen MR) is 75.7 cm³/mol. The predicted octanol–water partition coefficient (Wildman–Crippen LogP) is 0.912. The molecule has 8 heteroatoms. The molecule has 0 radical (unpaired) electrons. The third-order valence-electron chi connectivity index (χ3n) is 3.94. The van der Waals surface area contributed by atoms with Gasteiger partial charge in [0.05, 0.1) is 5.69 Å². The van der Waals surface area contributed by atoms with E-state index in [1.807, 2.05) is 6.92 Å². The van der Waals surface area contributed by atoms with Gasteiger partial charge in [-0.3, -0.25) is 9.69 Å². The minimum absolute atomic E-state index is 0.112. The first-order valence-electron chi connectivity index (χ1n) is 7.20. The van der Waals surface area contributed by atoms with Crippen molar-refractivity contribution in [2.45, 2.75) is 39.3 Å². The number of aryl methyl sites for hydroxylation is 2. The van der Waals surface area contributed by atoms with E-state index in [9.17, 15) is 4.79 Å². The van der Waals surface area contributed by atoms with E-state index in [-0.39, 0.29) is 5.91 Å². The summed E-state index contributed by atoms with van der Waals surface area (Å²) in [6.45, 7) is 7.31. The first-order chi connectivity index (χ1) is 10.5. The smallest absolute Gasteiger partial charge is 0.253 e. The van der Waals surface area contributed by atoms with Crippen LogP contribution >= 0.6 is 0 Å². The molecule has 3 rings (SSSR count). The number of carbonyl (C=O) groups is 1. The fourth-order valence-corrected chi connectivity index (χ4v) is 2.89. The zero-order valence-corrected chi connectivity index (χ0v) is 12.9. The average Bonchev–Trinajstić information content (AvgIpc) is 3.13. The lowest BCUT2D eigenvalue weighted by Crippen LogP contribution is -2.47. The third kappa shape index (κ3) is 2.74. The van der Waals surface area contributed by atoms with Crippen molar-refractivity contribution >= 4 is 5.91 Å². The summed E-state index contributed by atoms with van der Waals surface area (Å²) in [4.78, 5) is 18.2. The van der Waals surface area contributed by atoms with E-state index in [2.05, 4.69) is 25.5 Å². The molecule has 1 atom stereocenters. The van der Waals surface area contributed by atoms with Gasteiger partial charge in [0.2, 0.25) is 5.91 Å². The Kier molecular flexibility index (Phi) is 3.69. The highest BCUT2D eigenvalue weighted by molar-refractivity contribution is 5.74. The molecule has 1 amide bonds. The van der Waals surface area contributed by atoms with E-state index in [0.717, 1.165) is 24.2 Å². The highest BCUT2D eigenvalue weighted by Crippen LogP contribution is 2.32. The Hall–Kier alpha value is -2.22. The van der Waals surface area contributed by atoms with Gasteiger partial charge < -0.3 is 14.4 Å². The maximum atomic E-state index is 11.6. The van der Waals surface area contributed by atoms with Gasteiger partial charge in [0.15, 0.2) is 5.82 Å². The zero-order chi connectivity index (χ0) is 15.7. The molecular weight excluding hydrogens is 286 g/mol. The summed E-state index contributed by atoms with van der Waals surface area (Å²) in [5, 5.41) is 10.7. The van der Waals surface area contributed by atoms with Crippen molar-refractivity contribution in [3.05, 3.63) is 29.2 Å². The van der Waals surface area contributed by atoms with Gasteiger partial charge in [-0.15, -0.1) is 0 Å². The number of nitrogens with zero attached hydrogens (tertiary/aromatic N) is 4. The highest BCUT2D eigenvalue weighted by Gasteiger charge is 2.45. The van der Waals surface area contributed by atoms with Crippen molar-refractivity contribution in [3.63, 3.8) is 0 Å². The van der Waals surface area contributed by atoms with Crippen molar-refractivity contribution < 1.29 is 13.8 Å². The van der Waals surface area contributed by atoms with Crippen LogP contribution < -0.4 is 5.32 Å². The van der Waals surface area contributed by atoms with Gasteiger partial charge in [-0.25, -0.2) is 0 Å². The Morgan fingerprint density at radius 2 is 2.27 bits per heavy atom. The van der Waals surface area contributed by atoms with Crippen LogP contribution in [0.25, 0.3) is 0 Å². The standard InChI is InChI=1S/C14H19N5O3/c1-9-12(7-21-17-9)6-19-5-4-14(8-19,16-11(3)20)13-15-10(2)18-22-13/h7H,4-6,8H2,1-3H3,(H,16,20). The summed E-state index contributed by atoms with van der Waals surface area (Å²) in [7, 11) is 0. The van der Waals surface area contributed by atoms with Crippen LogP contribution in [0, 0.1) is 13.8 Å². The summed E-state index contributed by atoms with van der Waals surface area (Å²) < 4.78 is 10.3. The number of hydrogen-bond donors (Lipinski definition) is 1. The second-order valence-electron chi connectivity index (χ2n) is 5.80. The minimum atomic E-state index is -0.627. The van der Waals surface area contributed by atoms with Gasteiger partial charge in [0.25, 0.3) is 5.89 Å². The molecule has 1 saturated heterocycles. The summed E-state index contributed by atoms with van der Waals surface area (Å²) in [5.74, 6) is 0.914. The maximum Gasteiger partial charge on any atom is 0.253 e. The molecule has 0 aromatic carbocycles. The summed E-state index contributed by atoms with van der Waals surface area (Å²) in [6, 6.07) is 0. The molecule has 1 aliphatic rings. The van der Waals surface area contributed by atoms with Crippen molar-refractivity contribution in [1.82, 2.24) is 25.5 Å². The number of rotatable bonds is 4. The highest BCUT2D eigenvalue weighted by atomic mass is 16.5. The van der Waals surface area contributed by atoms with Crippen molar-refractivity contribution in [3.8, 4) is 0 Å². The van der Waals surface area contributed by atoms with Crippen molar-refractivity contribution in [1.29, 1.82) is 0 Å². The Labute approximate surface area is 127 Å². The zero-order valence-electron chi connectivity index (χ0n) is 12.9. The first kappa shape index (κ1) is 14.7. The number of carbonyl (C=O) groups excluding carboxylic acids is 1. The van der Waals surface area contributed by atoms with Gasteiger partial charge in [0.1, 0.15) is 11.8 Å². The lowest BCUT2D eigenvalue weighted by molar-refractivity contribution is -0.121. The third-order valence-corrected chi connectivity index (χ3v) is 3.94. The number of aromatic nitrogens is 3. The molecule has 1 N–H and O–H groups in total. The minimum Gasteiger partial charge on any atom is -0.364 e. The van der Waals surface area contributed by atoms with E-state index in [1.54, 1.807) is 13.2 Å². The molecule has 118 valence electrons. The Balaban J connectivity index is 1.80. The molecule has 3 heterocycles. The van der Waals surface area contributed by atoms with E-state index >= 15 is 0 Å². The van der Waals surface area contributed by atoms with Crippen LogP contribution in [-0.4, -0.2) is 39.2 Å². The quantitative estimate of drug-likeness (QED) is 0.896. The maximum absolute atomic E-state index is 11.6. The lowest BCUT2D eigenvalue weighted by Gasteiger charge is -2.26. The van der Waals surface area contributed by atoms with E-state index in [4.69, 9.17) is 9.05 Å². The molecule has 1 unspecified atom stereocenters. The average molecular weight is 305 g/mol. The summed E-state index contributed by atoms with van der Waals surface area (Å²) in [6.07, 6.45) is 2.38. The van der Waals surface area contributed by atoms with Crippen LogP contribution in [0.2, 0.25) is 0 Å². The molecule has 2 aromatic rings. The van der Waals surface area contributed by atoms with Gasteiger partial charge in [-0.2, -0.15) is 4.98 Å². The van der Waals surface area contributed by atoms with Crippen LogP contribution in [0.5, 0.6) is 0 Å². The van der Waals surface area contributed by atoms with Gasteiger partial charge in [0, 0.05) is 32.1 Å². The molecule has 8 nitrogen and oxygen atoms in total. The number of likely N-dealkylation sites (tertiary alicyclic amines) is 1. The van der Waals surface area contributed by atoms with Crippen LogP contribution in [-0.2, 0) is 16.9 Å². The van der Waals surface area contributed by atoms with E-state index in [0.29, 0.717) is 24.8 Å². The van der Waals surface area contributed by atoms with Crippen LogP contribution in [0.15, 0.2) is 15.3 Å². The monoisotopic (exact) mass is 305 g/mol. The molecule has 0 saturated carbocycles. The molecule has 2 aromatic heterocycles. The number of nitrogens with one attached hydrogen (secondary N) is 1. The van der Waals surface area contributed by atoms with Crippen molar-refractivity contribution in [2.24, 2.45) is 0 Å². The summed E-state index contributed by atoms with van der Waals surface area (Å²) in [5.41, 5.74) is 1.30. The van der Waals surface area contributed by atoms with Gasteiger partial charge >= 0.3 is 0 Å². The lowest BCUT2D eigenvalue weighted by atomic mass is 9.98. The Bertz CT molecular complexity index is 680. The Morgan fingerprint density at radius 3 is 2.86 bits per heavy atom. The van der Waals surface area contributed by atoms with E-state index in [1.165, 1.54) is 6.92 Å². The number of hydrogen-bond acceptors (Lipinski definition) is 7. The molecule has 0 aliphatic carbocycles. The topological polar surface area (TPSA) is 97.3 Å². The molecule has 1 fully saturated rings. The molecule has 0 bridgehead atoms. The fourth-order valence-electron chi connectivity index (χ4n) is 2.89. The molecular formula is C14H19N5O3.